The van der Waals surface area contributed by atoms with E-state index in [0.717, 1.165) is 10.2 Å². The summed E-state index contributed by atoms with van der Waals surface area (Å²) >= 11 is 9.22. The van der Waals surface area contributed by atoms with Gasteiger partial charge in [-0.15, -0.1) is 0 Å². The fourth-order valence-electron chi connectivity index (χ4n) is 1.05. The van der Waals surface area contributed by atoms with E-state index in [2.05, 4.69) is 26.6 Å². The Morgan fingerprint density at radius 2 is 2.27 bits per heavy atom. The summed E-state index contributed by atoms with van der Waals surface area (Å²) in [6.45, 7) is 0.595. The van der Waals surface area contributed by atoms with Gasteiger partial charge in [-0.3, -0.25) is 4.79 Å². The van der Waals surface area contributed by atoms with Crippen LogP contribution in [0.1, 0.15) is 6.42 Å². The van der Waals surface area contributed by atoms with Gasteiger partial charge in [-0.1, -0.05) is 11.6 Å². The highest BCUT2D eigenvalue weighted by Gasteiger charge is 2.00. The van der Waals surface area contributed by atoms with Crippen molar-refractivity contribution in [3.8, 4) is 0 Å². The summed E-state index contributed by atoms with van der Waals surface area (Å²) in [4.78, 5) is 10.9. The highest BCUT2D eigenvalue weighted by molar-refractivity contribution is 9.10. The summed E-state index contributed by atoms with van der Waals surface area (Å²) in [6, 6.07) is 5.58. The number of rotatable bonds is 4. The highest BCUT2D eigenvalue weighted by atomic mass is 79.9. The van der Waals surface area contributed by atoms with Crippen molar-refractivity contribution < 1.29 is 4.79 Å². The first-order chi connectivity index (χ1) is 7.13. The molecule has 0 aliphatic rings. The van der Waals surface area contributed by atoms with E-state index in [1.165, 1.54) is 0 Å². The summed E-state index contributed by atoms with van der Waals surface area (Å²) in [5.41, 5.74) is 0.909. The van der Waals surface area contributed by atoms with E-state index in [-0.39, 0.29) is 5.91 Å². The van der Waals surface area contributed by atoms with E-state index in [1.54, 1.807) is 7.05 Å². The number of halogens is 2. The average Bonchev–Trinajstić information content (AvgIpc) is 2.23. The van der Waals surface area contributed by atoms with Crippen molar-refractivity contribution in [1.29, 1.82) is 0 Å². The Labute approximate surface area is 102 Å². The summed E-state index contributed by atoms with van der Waals surface area (Å²) < 4.78 is 0.862. The number of hydrogen-bond donors (Lipinski definition) is 2. The minimum absolute atomic E-state index is 0.0192. The van der Waals surface area contributed by atoms with Gasteiger partial charge >= 0.3 is 0 Å². The Balaban J connectivity index is 2.44. The normalized spacial score (nSPS) is 9.80. The molecule has 15 heavy (non-hydrogen) atoms. The Morgan fingerprint density at radius 3 is 2.87 bits per heavy atom. The van der Waals surface area contributed by atoms with Crippen molar-refractivity contribution in [2.75, 3.05) is 18.9 Å². The molecule has 0 unspecified atom stereocenters. The van der Waals surface area contributed by atoms with Crippen molar-refractivity contribution in [1.82, 2.24) is 5.32 Å². The van der Waals surface area contributed by atoms with Crippen molar-refractivity contribution in [2.45, 2.75) is 6.42 Å². The minimum Gasteiger partial charge on any atom is -0.384 e. The lowest BCUT2D eigenvalue weighted by Crippen LogP contribution is -2.20. The lowest BCUT2D eigenvalue weighted by atomic mass is 10.3. The fraction of sp³-hybridized carbons (Fsp3) is 0.300. The number of hydrogen-bond acceptors (Lipinski definition) is 2. The smallest absolute Gasteiger partial charge is 0.221 e. The zero-order valence-corrected chi connectivity index (χ0v) is 10.7. The molecule has 1 aromatic carbocycles. The van der Waals surface area contributed by atoms with Crippen LogP contribution in [0.5, 0.6) is 0 Å². The number of amides is 1. The third kappa shape index (κ3) is 4.10. The number of carbonyl (C=O) groups is 1. The van der Waals surface area contributed by atoms with Crippen molar-refractivity contribution in [2.24, 2.45) is 0 Å². The standard InChI is InChI=1S/C10H12BrClN2O/c1-13-10(15)4-5-14-7-2-3-8(11)9(12)6-7/h2-3,6,14H,4-5H2,1H3,(H,13,15). The van der Waals surface area contributed by atoms with E-state index in [9.17, 15) is 4.79 Å². The largest absolute Gasteiger partial charge is 0.384 e. The molecule has 3 nitrogen and oxygen atoms in total. The quantitative estimate of drug-likeness (QED) is 0.895. The zero-order chi connectivity index (χ0) is 11.3. The van der Waals surface area contributed by atoms with Gasteiger partial charge in [0.15, 0.2) is 0 Å². The van der Waals surface area contributed by atoms with Gasteiger partial charge in [-0.2, -0.15) is 0 Å². The molecule has 0 saturated carbocycles. The van der Waals surface area contributed by atoms with Crippen LogP contribution in [0.4, 0.5) is 5.69 Å². The fourth-order valence-corrected chi connectivity index (χ4v) is 1.48. The van der Waals surface area contributed by atoms with Gasteiger partial charge in [0, 0.05) is 30.2 Å². The summed E-state index contributed by atoms with van der Waals surface area (Å²) in [5, 5.41) is 6.32. The molecular formula is C10H12BrClN2O. The maximum absolute atomic E-state index is 10.9. The minimum atomic E-state index is 0.0192. The molecule has 0 spiro atoms. The summed E-state index contributed by atoms with van der Waals surface area (Å²) in [6.07, 6.45) is 0.449. The molecule has 5 heteroatoms. The predicted molar refractivity (Wildman–Crippen MR) is 66.3 cm³/mol. The van der Waals surface area contributed by atoms with Gasteiger partial charge in [0.2, 0.25) is 5.91 Å². The first-order valence-electron chi connectivity index (χ1n) is 4.53. The van der Waals surface area contributed by atoms with E-state index >= 15 is 0 Å². The van der Waals surface area contributed by atoms with Gasteiger partial charge in [0.25, 0.3) is 0 Å². The number of carbonyl (C=O) groups excluding carboxylic acids is 1. The van der Waals surface area contributed by atoms with Crippen molar-refractivity contribution in [3.63, 3.8) is 0 Å². The van der Waals surface area contributed by atoms with Gasteiger partial charge in [-0.25, -0.2) is 0 Å². The highest BCUT2D eigenvalue weighted by Crippen LogP contribution is 2.25. The number of anilines is 1. The van der Waals surface area contributed by atoms with Gasteiger partial charge in [0.05, 0.1) is 5.02 Å². The van der Waals surface area contributed by atoms with Crippen molar-refractivity contribution in [3.05, 3.63) is 27.7 Å². The van der Waals surface area contributed by atoms with E-state index in [1.807, 2.05) is 18.2 Å². The van der Waals surface area contributed by atoms with Gasteiger partial charge in [0.1, 0.15) is 0 Å². The Morgan fingerprint density at radius 1 is 1.53 bits per heavy atom. The van der Waals surface area contributed by atoms with Crippen LogP contribution >= 0.6 is 27.5 Å². The van der Waals surface area contributed by atoms with E-state index < -0.39 is 0 Å². The van der Waals surface area contributed by atoms with Crippen LogP contribution in [0.25, 0.3) is 0 Å². The van der Waals surface area contributed by atoms with Gasteiger partial charge < -0.3 is 10.6 Å². The lowest BCUT2D eigenvalue weighted by Gasteiger charge is -2.06. The van der Waals surface area contributed by atoms with Gasteiger partial charge in [-0.05, 0) is 34.1 Å². The molecule has 0 radical (unpaired) electrons. The maximum atomic E-state index is 10.9. The molecule has 82 valence electrons. The average molecular weight is 292 g/mol. The van der Waals surface area contributed by atoms with Crippen LogP contribution in [-0.2, 0) is 4.79 Å². The molecule has 0 fully saturated rings. The second-order valence-corrected chi connectivity index (χ2v) is 4.24. The molecule has 0 heterocycles. The molecule has 2 N–H and O–H groups in total. The summed E-state index contributed by atoms with van der Waals surface area (Å²) in [7, 11) is 1.62. The predicted octanol–water partition coefficient (Wildman–Crippen LogP) is 2.65. The van der Waals surface area contributed by atoms with E-state index in [4.69, 9.17) is 11.6 Å². The SMILES string of the molecule is CNC(=O)CCNc1ccc(Br)c(Cl)c1. The lowest BCUT2D eigenvalue weighted by molar-refractivity contribution is -0.120. The number of benzene rings is 1. The molecule has 1 amide bonds. The monoisotopic (exact) mass is 290 g/mol. The Hall–Kier alpha value is -0.740. The molecule has 0 aromatic heterocycles. The molecule has 0 bridgehead atoms. The third-order valence-electron chi connectivity index (χ3n) is 1.88. The van der Waals surface area contributed by atoms with Crippen LogP contribution in [-0.4, -0.2) is 19.5 Å². The summed E-state index contributed by atoms with van der Waals surface area (Å²) in [5.74, 6) is 0.0192. The zero-order valence-electron chi connectivity index (χ0n) is 8.31. The molecule has 0 aliphatic heterocycles. The maximum Gasteiger partial charge on any atom is 0.221 e. The van der Waals surface area contributed by atoms with E-state index in [0.29, 0.717) is 18.0 Å². The molecule has 1 rings (SSSR count). The molecule has 0 aliphatic carbocycles. The molecular weight excluding hydrogens is 279 g/mol. The van der Waals surface area contributed by atoms with Crippen LogP contribution in [0.2, 0.25) is 5.02 Å². The second kappa shape index (κ2) is 5.98. The topological polar surface area (TPSA) is 41.1 Å². The number of nitrogens with one attached hydrogen (secondary N) is 2. The first kappa shape index (κ1) is 12.3. The van der Waals surface area contributed by atoms with Crippen LogP contribution in [0, 0.1) is 0 Å². The Bertz CT molecular complexity index is 357. The van der Waals surface area contributed by atoms with Crippen LogP contribution in [0.15, 0.2) is 22.7 Å². The van der Waals surface area contributed by atoms with Crippen molar-refractivity contribution >= 4 is 39.1 Å². The second-order valence-electron chi connectivity index (χ2n) is 2.98. The third-order valence-corrected chi connectivity index (χ3v) is 3.11. The first-order valence-corrected chi connectivity index (χ1v) is 5.70. The van der Waals surface area contributed by atoms with Crippen LogP contribution in [0.3, 0.4) is 0 Å². The molecule has 0 saturated heterocycles. The molecule has 0 atom stereocenters. The van der Waals surface area contributed by atoms with Crippen LogP contribution < -0.4 is 10.6 Å². The Kier molecular flexibility index (Phi) is 4.91. The molecule has 1 aromatic rings.